The van der Waals surface area contributed by atoms with Crippen molar-refractivity contribution in [3.05, 3.63) is 47.3 Å². The number of nitrogens with zero attached hydrogens (tertiary/aromatic N) is 1. The molecule has 0 bridgehead atoms. The molecule has 0 spiro atoms. The number of benzene rings is 2. The van der Waals surface area contributed by atoms with Gasteiger partial charge in [-0.1, -0.05) is 6.07 Å². The molecule has 1 fully saturated rings. The molecule has 146 valence electrons. The number of methoxy groups -OCH3 is 3. The Labute approximate surface area is 160 Å². The number of hydrogen-bond donors (Lipinski definition) is 1. The first-order chi connectivity index (χ1) is 13.2. The molecule has 0 aromatic heterocycles. The van der Waals surface area contributed by atoms with Crippen molar-refractivity contribution in [3.63, 3.8) is 0 Å². The summed E-state index contributed by atoms with van der Waals surface area (Å²) in [5, 5.41) is 3.34. The van der Waals surface area contributed by atoms with Crippen LogP contribution in [0.25, 0.3) is 0 Å². The molecule has 0 aliphatic carbocycles. The zero-order chi connectivity index (χ0) is 19.2. The minimum atomic E-state index is -0.170. The smallest absolute Gasteiger partial charge is 0.203 e. The van der Waals surface area contributed by atoms with Crippen molar-refractivity contribution in [2.75, 3.05) is 39.3 Å². The second-order valence-corrected chi connectivity index (χ2v) is 6.57. The van der Waals surface area contributed by atoms with Crippen molar-refractivity contribution >= 4 is 5.69 Å². The lowest BCUT2D eigenvalue weighted by Gasteiger charge is -2.22. The monoisotopic (exact) mass is 374 g/mol. The van der Waals surface area contributed by atoms with Crippen LogP contribution in [0.5, 0.6) is 17.2 Å². The van der Waals surface area contributed by atoms with Crippen molar-refractivity contribution in [1.29, 1.82) is 0 Å². The van der Waals surface area contributed by atoms with E-state index in [1.807, 2.05) is 18.2 Å². The predicted octanol–water partition coefficient (Wildman–Crippen LogP) is 3.74. The van der Waals surface area contributed by atoms with Gasteiger partial charge in [0.1, 0.15) is 5.82 Å². The number of hydrogen-bond acceptors (Lipinski definition) is 5. The van der Waals surface area contributed by atoms with E-state index in [1.54, 1.807) is 27.4 Å². The van der Waals surface area contributed by atoms with Gasteiger partial charge in [0, 0.05) is 37.4 Å². The second kappa shape index (κ2) is 8.95. The molecule has 1 aliphatic heterocycles. The summed E-state index contributed by atoms with van der Waals surface area (Å²) in [6.45, 7) is 2.99. The summed E-state index contributed by atoms with van der Waals surface area (Å²) < 4.78 is 30.6. The van der Waals surface area contributed by atoms with Gasteiger partial charge in [-0.15, -0.1) is 0 Å². The molecule has 0 radical (unpaired) electrons. The van der Waals surface area contributed by atoms with Gasteiger partial charge in [-0.2, -0.15) is 0 Å². The van der Waals surface area contributed by atoms with Crippen LogP contribution in [0.4, 0.5) is 10.1 Å². The van der Waals surface area contributed by atoms with Crippen molar-refractivity contribution in [3.8, 4) is 17.2 Å². The average molecular weight is 374 g/mol. The lowest BCUT2D eigenvalue weighted by atomic mass is 10.1. The Hall–Kier alpha value is -2.47. The molecule has 1 N–H and O–H groups in total. The predicted molar refractivity (Wildman–Crippen MR) is 104 cm³/mol. The largest absolute Gasteiger partial charge is 0.493 e. The molecule has 0 unspecified atom stereocenters. The van der Waals surface area contributed by atoms with Crippen LogP contribution in [0.1, 0.15) is 24.0 Å². The molecule has 27 heavy (non-hydrogen) atoms. The van der Waals surface area contributed by atoms with E-state index in [9.17, 15) is 4.39 Å². The maximum atomic E-state index is 14.4. The Kier molecular flexibility index (Phi) is 6.40. The van der Waals surface area contributed by atoms with E-state index in [0.29, 0.717) is 35.9 Å². The van der Waals surface area contributed by atoms with Crippen LogP contribution in [-0.2, 0) is 13.1 Å². The standard InChI is InChI=1S/C21H27FN2O3/c1-25-19-11-15(12-20(26-2)21(19)27-3)13-23-14-16-17(22)7-6-8-18(16)24-9-4-5-10-24/h6-8,11-12,23H,4-5,9-10,13-14H2,1-3H3. The Balaban J connectivity index is 1.73. The van der Waals surface area contributed by atoms with E-state index in [1.165, 1.54) is 6.07 Å². The number of anilines is 1. The Bertz CT molecular complexity index is 751. The highest BCUT2D eigenvalue weighted by Gasteiger charge is 2.18. The van der Waals surface area contributed by atoms with Crippen LogP contribution in [-0.4, -0.2) is 34.4 Å². The molecule has 1 aliphatic rings. The van der Waals surface area contributed by atoms with E-state index in [0.717, 1.165) is 37.2 Å². The van der Waals surface area contributed by atoms with Crippen LogP contribution in [0.3, 0.4) is 0 Å². The summed E-state index contributed by atoms with van der Waals surface area (Å²) >= 11 is 0. The fourth-order valence-corrected chi connectivity index (χ4v) is 3.55. The highest BCUT2D eigenvalue weighted by Crippen LogP contribution is 2.38. The van der Waals surface area contributed by atoms with Gasteiger partial charge >= 0.3 is 0 Å². The van der Waals surface area contributed by atoms with Crippen molar-refractivity contribution < 1.29 is 18.6 Å². The van der Waals surface area contributed by atoms with Crippen LogP contribution < -0.4 is 24.4 Å². The molecule has 0 amide bonds. The first-order valence-corrected chi connectivity index (χ1v) is 9.20. The van der Waals surface area contributed by atoms with Gasteiger partial charge in [-0.25, -0.2) is 4.39 Å². The van der Waals surface area contributed by atoms with E-state index in [2.05, 4.69) is 10.2 Å². The van der Waals surface area contributed by atoms with E-state index >= 15 is 0 Å². The molecule has 1 saturated heterocycles. The van der Waals surface area contributed by atoms with Crippen LogP contribution in [0, 0.1) is 5.82 Å². The van der Waals surface area contributed by atoms with Crippen LogP contribution in [0.15, 0.2) is 30.3 Å². The number of nitrogens with one attached hydrogen (secondary N) is 1. The van der Waals surface area contributed by atoms with Crippen LogP contribution in [0.2, 0.25) is 0 Å². The van der Waals surface area contributed by atoms with Crippen molar-refractivity contribution in [2.45, 2.75) is 25.9 Å². The first-order valence-electron chi connectivity index (χ1n) is 9.20. The summed E-state index contributed by atoms with van der Waals surface area (Å²) in [6, 6.07) is 9.11. The summed E-state index contributed by atoms with van der Waals surface area (Å²) in [5.41, 5.74) is 2.68. The first kappa shape index (κ1) is 19.3. The third-order valence-electron chi connectivity index (χ3n) is 4.90. The fraction of sp³-hybridized carbons (Fsp3) is 0.429. The summed E-state index contributed by atoms with van der Waals surface area (Å²) in [4.78, 5) is 2.26. The molecular formula is C21H27FN2O3. The van der Waals surface area contributed by atoms with Gasteiger partial charge < -0.3 is 24.4 Å². The molecule has 2 aromatic rings. The minimum absolute atomic E-state index is 0.170. The summed E-state index contributed by atoms with van der Waals surface area (Å²) in [6.07, 6.45) is 2.32. The molecule has 5 nitrogen and oxygen atoms in total. The zero-order valence-corrected chi connectivity index (χ0v) is 16.2. The third-order valence-corrected chi connectivity index (χ3v) is 4.90. The Morgan fingerprint density at radius 2 is 1.63 bits per heavy atom. The minimum Gasteiger partial charge on any atom is -0.493 e. The fourth-order valence-electron chi connectivity index (χ4n) is 3.55. The number of rotatable bonds is 8. The topological polar surface area (TPSA) is 43.0 Å². The molecule has 6 heteroatoms. The molecule has 1 heterocycles. The van der Waals surface area contributed by atoms with E-state index in [-0.39, 0.29) is 5.82 Å². The van der Waals surface area contributed by atoms with Crippen molar-refractivity contribution in [2.24, 2.45) is 0 Å². The van der Waals surface area contributed by atoms with Crippen LogP contribution >= 0.6 is 0 Å². The van der Waals surface area contributed by atoms with Crippen molar-refractivity contribution in [1.82, 2.24) is 5.32 Å². The lowest BCUT2D eigenvalue weighted by molar-refractivity contribution is 0.323. The normalized spacial score (nSPS) is 13.7. The molecule has 2 aromatic carbocycles. The zero-order valence-electron chi connectivity index (χ0n) is 16.2. The number of halogens is 1. The molecule has 3 rings (SSSR count). The van der Waals surface area contributed by atoms with Gasteiger partial charge in [-0.05, 0) is 42.7 Å². The van der Waals surface area contributed by atoms with Gasteiger partial charge in [-0.3, -0.25) is 0 Å². The van der Waals surface area contributed by atoms with Gasteiger partial charge in [0.05, 0.1) is 21.3 Å². The summed E-state index contributed by atoms with van der Waals surface area (Å²) in [5.74, 6) is 1.61. The Morgan fingerprint density at radius 1 is 0.963 bits per heavy atom. The second-order valence-electron chi connectivity index (χ2n) is 6.57. The van der Waals surface area contributed by atoms with Gasteiger partial charge in [0.15, 0.2) is 11.5 Å². The Morgan fingerprint density at radius 3 is 2.22 bits per heavy atom. The van der Waals surface area contributed by atoms with E-state index in [4.69, 9.17) is 14.2 Å². The highest BCUT2D eigenvalue weighted by atomic mass is 19.1. The maximum absolute atomic E-state index is 14.4. The maximum Gasteiger partial charge on any atom is 0.203 e. The quantitative estimate of drug-likeness (QED) is 0.762. The SMILES string of the molecule is COc1cc(CNCc2c(F)cccc2N2CCCC2)cc(OC)c1OC. The third kappa shape index (κ3) is 4.27. The van der Waals surface area contributed by atoms with E-state index < -0.39 is 0 Å². The summed E-state index contributed by atoms with van der Waals surface area (Å²) in [7, 11) is 4.77. The number of ether oxygens (including phenoxy) is 3. The lowest BCUT2D eigenvalue weighted by Crippen LogP contribution is -2.22. The molecule has 0 atom stereocenters. The highest BCUT2D eigenvalue weighted by molar-refractivity contribution is 5.55. The van der Waals surface area contributed by atoms with Gasteiger partial charge in [0.25, 0.3) is 0 Å². The average Bonchev–Trinajstić information content (AvgIpc) is 3.22. The molecular weight excluding hydrogens is 347 g/mol. The van der Waals surface area contributed by atoms with Gasteiger partial charge in [0.2, 0.25) is 5.75 Å². The molecule has 0 saturated carbocycles.